The van der Waals surface area contributed by atoms with Crippen LogP contribution in [0.25, 0.3) is 0 Å². The van der Waals surface area contributed by atoms with Crippen molar-refractivity contribution >= 4 is 39.1 Å². The molecule has 1 unspecified atom stereocenters. The van der Waals surface area contributed by atoms with E-state index < -0.39 is 34.3 Å². The minimum absolute atomic E-state index is 0.0404. The third-order valence-corrected chi connectivity index (χ3v) is 8.42. The van der Waals surface area contributed by atoms with Gasteiger partial charge in [0.05, 0.1) is 17.2 Å². The minimum atomic E-state index is -4.28. The van der Waals surface area contributed by atoms with E-state index in [9.17, 15) is 22.4 Å². The van der Waals surface area contributed by atoms with Crippen molar-refractivity contribution in [3.63, 3.8) is 0 Å². The second-order valence-electron chi connectivity index (χ2n) is 9.36. The van der Waals surface area contributed by atoms with E-state index in [1.807, 2.05) is 13.8 Å². The van der Waals surface area contributed by atoms with Crippen molar-refractivity contribution in [2.24, 2.45) is 0 Å². The zero-order valence-corrected chi connectivity index (χ0v) is 24.9. The quantitative estimate of drug-likeness (QED) is 0.249. The maximum absolute atomic E-state index is 13.9. The van der Waals surface area contributed by atoms with Gasteiger partial charge in [-0.05, 0) is 86.5 Å². The van der Waals surface area contributed by atoms with Crippen LogP contribution in [0.4, 0.5) is 10.1 Å². The summed E-state index contributed by atoms with van der Waals surface area (Å²) in [5.74, 6) is -1.03. The van der Waals surface area contributed by atoms with Gasteiger partial charge in [-0.3, -0.25) is 13.9 Å². The van der Waals surface area contributed by atoms with E-state index in [1.165, 1.54) is 41.3 Å². The Morgan fingerprint density at radius 2 is 1.61 bits per heavy atom. The SMILES string of the molecule is CCCCNC(=O)C(C)N(Cc1ccc(Cl)cc1)C(=O)CN(c1ccc(F)cc1)S(=O)(=O)c1ccc(OCC)cc1. The average molecular weight is 604 g/mol. The lowest BCUT2D eigenvalue weighted by Gasteiger charge is -2.32. The molecule has 0 spiro atoms. The molecule has 0 aliphatic rings. The molecule has 0 aliphatic heterocycles. The van der Waals surface area contributed by atoms with Crippen LogP contribution in [0, 0.1) is 5.82 Å². The van der Waals surface area contributed by atoms with Crippen LogP contribution in [0.5, 0.6) is 5.75 Å². The first-order chi connectivity index (χ1) is 19.6. The van der Waals surface area contributed by atoms with Gasteiger partial charge in [-0.25, -0.2) is 12.8 Å². The highest BCUT2D eigenvalue weighted by molar-refractivity contribution is 7.92. The summed E-state index contributed by atoms with van der Waals surface area (Å²) in [4.78, 5) is 28.1. The first kappa shape index (κ1) is 31.9. The van der Waals surface area contributed by atoms with Crippen molar-refractivity contribution in [1.29, 1.82) is 0 Å². The highest BCUT2D eigenvalue weighted by atomic mass is 35.5. The monoisotopic (exact) mass is 603 g/mol. The Labute approximate surface area is 246 Å². The molecule has 3 rings (SSSR count). The predicted molar refractivity (Wildman–Crippen MR) is 158 cm³/mol. The molecule has 3 aromatic carbocycles. The van der Waals surface area contributed by atoms with Gasteiger partial charge in [-0.2, -0.15) is 0 Å². The molecule has 1 N–H and O–H groups in total. The summed E-state index contributed by atoms with van der Waals surface area (Å²) in [5, 5.41) is 3.35. The lowest BCUT2D eigenvalue weighted by molar-refractivity contribution is -0.139. The molecule has 0 radical (unpaired) electrons. The molecular weight excluding hydrogens is 569 g/mol. The fraction of sp³-hybridized carbons (Fsp3) is 0.333. The van der Waals surface area contributed by atoms with Crippen molar-refractivity contribution in [2.75, 3.05) is 24.0 Å². The standard InChI is InChI=1S/C30H35ClFN3O5S/c1-4-6-19-33-30(37)22(3)34(20-23-7-9-24(31)10-8-23)29(36)21-35(26-13-11-25(32)12-14-26)41(38,39)28-17-15-27(16-18-28)40-5-2/h7-18,22H,4-6,19-21H2,1-3H3,(H,33,37). The number of carbonyl (C=O) groups is 2. The number of carbonyl (C=O) groups excluding carboxylic acids is 2. The number of nitrogens with zero attached hydrogens (tertiary/aromatic N) is 2. The largest absolute Gasteiger partial charge is 0.494 e. The molecule has 11 heteroatoms. The fourth-order valence-electron chi connectivity index (χ4n) is 4.04. The van der Waals surface area contributed by atoms with Gasteiger partial charge in [0.15, 0.2) is 0 Å². The zero-order chi connectivity index (χ0) is 30.0. The number of rotatable bonds is 14. The molecule has 0 saturated carbocycles. The van der Waals surface area contributed by atoms with E-state index in [0.29, 0.717) is 29.5 Å². The molecule has 41 heavy (non-hydrogen) atoms. The van der Waals surface area contributed by atoms with Crippen LogP contribution < -0.4 is 14.4 Å². The van der Waals surface area contributed by atoms with Crippen molar-refractivity contribution in [1.82, 2.24) is 10.2 Å². The van der Waals surface area contributed by atoms with Crippen LogP contribution in [0.3, 0.4) is 0 Å². The first-order valence-electron chi connectivity index (χ1n) is 13.4. The van der Waals surface area contributed by atoms with Gasteiger partial charge in [0.2, 0.25) is 11.8 Å². The van der Waals surface area contributed by atoms with Gasteiger partial charge in [0, 0.05) is 18.1 Å². The topological polar surface area (TPSA) is 96.0 Å². The number of halogens is 2. The Hall–Kier alpha value is -3.63. The maximum atomic E-state index is 13.9. The minimum Gasteiger partial charge on any atom is -0.494 e. The summed E-state index contributed by atoms with van der Waals surface area (Å²) >= 11 is 6.03. The fourth-order valence-corrected chi connectivity index (χ4v) is 5.58. The van der Waals surface area contributed by atoms with Gasteiger partial charge in [0.25, 0.3) is 10.0 Å². The van der Waals surface area contributed by atoms with Crippen LogP contribution in [-0.2, 0) is 26.2 Å². The van der Waals surface area contributed by atoms with Crippen LogP contribution in [0.2, 0.25) is 5.02 Å². The molecule has 0 aromatic heterocycles. The van der Waals surface area contributed by atoms with E-state index >= 15 is 0 Å². The maximum Gasteiger partial charge on any atom is 0.264 e. The number of unbranched alkanes of at least 4 members (excludes halogenated alkanes) is 1. The lowest BCUT2D eigenvalue weighted by Crippen LogP contribution is -2.51. The molecule has 0 fully saturated rings. The molecule has 3 aromatic rings. The van der Waals surface area contributed by atoms with E-state index in [2.05, 4.69) is 5.32 Å². The van der Waals surface area contributed by atoms with Crippen molar-refractivity contribution < 1.29 is 27.1 Å². The molecular formula is C30H35ClFN3O5S. The number of sulfonamides is 1. The van der Waals surface area contributed by atoms with Gasteiger partial charge < -0.3 is 15.0 Å². The van der Waals surface area contributed by atoms with E-state index in [-0.39, 0.29) is 23.0 Å². The Morgan fingerprint density at radius 1 is 0.976 bits per heavy atom. The molecule has 0 aliphatic carbocycles. The van der Waals surface area contributed by atoms with Gasteiger partial charge in [0.1, 0.15) is 24.2 Å². The highest BCUT2D eigenvalue weighted by Crippen LogP contribution is 2.26. The van der Waals surface area contributed by atoms with Crippen LogP contribution in [0.15, 0.2) is 77.7 Å². The van der Waals surface area contributed by atoms with E-state index in [1.54, 1.807) is 31.2 Å². The lowest BCUT2D eigenvalue weighted by atomic mass is 10.1. The Balaban J connectivity index is 1.98. The van der Waals surface area contributed by atoms with Gasteiger partial charge >= 0.3 is 0 Å². The predicted octanol–water partition coefficient (Wildman–Crippen LogP) is 5.41. The summed E-state index contributed by atoms with van der Waals surface area (Å²) < 4.78 is 47.8. The van der Waals surface area contributed by atoms with Crippen LogP contribution in [-0.4, -0.2) is 50.9 Å². The molecule has 2 amide bonds. The van der Waals surface area contributed by atoms with E-state index in [0.717, 1.165) is 29.3 Å². The molecule has 8 nitrogen and oxygen atoms in total. The second kappa shape index (κ2) is 14.8. The molecule has 0 saturated heterocycles. The van der Waals surface area contributed by atoms with Gasteiger partial charge in [-0.15, -0.1) is 0 Å². The summed E-state index contributed by atoms with van der Waals surface area (Å²) in [7, 11) is -4.28. The Kier molecular flexibility index (Phi) is 11.5. The summed E-state index contributed by atoms with van der Waals surface area (Å²) in [6.07, 6.45) is 1.67. The average Bonchev–Trinajstić information content (AvgIpc) is 2.96. The van der Waals surface area contributed by atoms with Crippen molar-refractivity contribution in [3.8, 4) is 5.75 Å². The van der Waals surface area contributed by atoms with E-state index in [4.69, 9.17) is 16.3 Å². The molecule has 0 heterocycles. The number of amides is 2. The summed E-state index contributed by atoms with van der Waals surface area (Å²) in [6.45, 7) is 5.69. The first-order valence-corrected chi connectivity index (χ1v) is 15.2. The third kappa shape index (κ3) is 8.68. The number of anilines is 1. The zero-order valence-electron chi connectivity index (χ0n) is 23.3. The number of nitrogens with one attached hydrogen (secondary N) is 1. The number of hydrogen-bond acceptors (Lipinski definition) is 5. The van der Waals surface area contributed by atoms with Crippen LogP contribution >= 0.6 is 11.6 Å². The number of benzene rings is 3. The highest BCUT2D eigenvalue weighted by Gasteiger charge is 2.32. The summed E-state index contributed by atoms with van der Waals surface area (Å²) in [6, 6.07) is 16.6. The molecule has 1 atom stereocenters. The second-order valence-corrected chi connectivity index (χ2v) is 11.7. The Morgan fingerprint density at radius 3 is 2.20 bits per heavy atom. The normalized spacial score (nSPS) is 11.9. The number of ether oxygens (including phenoxy) is 1. The van der Waals surface area contributed by atoms with Crippen molar-refractivity contribution in [3.05, 3.63) is 89.2 Å². The van der Waals surface area contributed by atoms with Gasteiger partial charge in [-0.1, -0.05) is 37.1 Å². The molecule has 0 bridgehead atoms. The van der Waals surface area contributed by atoms with Crippen LogP contribution in [0.1, 0.15) is 39.2 Å². The van der Waals surface area contributed by atoms with Crippen molar-refractivity contribution in [2.45, 2.75) is 51.1 Å². The third-order valence-electron chi connectivity index (χ3n) is 6.38. The Bertz CT molecular complexity index is 1400. The number of hydrogen-bond donors (Lipinski definition) is 1. The summed E-state index contributed by atoms with van der Waals surface area (Å²) in [5.41, 5.74) is 0.804. The molecule has 220 valence electrons. The smallest absolute Gasteiger partial charge is 0.264 e.